The lowest BCUT2D eigenvalue weighted by Crippen LogP contribution is -2.23. The Morgan fingerprint density at radius 3 is 1.17 bits per heavy atom. The van der Waals surface area contributed by atoms with Gasteiger partial charge in [0.25, 0.3) is 0 Å². The highest BCUT2D eigenvalue weighted by atomic mass is 16.6. The number of carbonyl (C=O) groups excluding carboxylic acids is 7. The molecule has 1 heterocycles. The van der Waals surface area contributed by atoms with Crippen molar-refractivity contribution in [1.82, 2.24) is 0 Å². The molecule has 1 aliphatic rings. The predicted molar refractivity (Wildman–Crippen MR) is 265 cm³/mol. The third-order valence-corrected chi connectivity index (χ3v) is 10.3. The number of allylic oxidation sites excluding steroid dienone is 3. The van der Waals surface area contributed by atoms with Crippen LogP contribution >= 0.6 is 0 Å². The molecule has 1 rings (SSSR count). The lowest BCUT2D eigenvalue weighted by molar-refractivity contribution is -0.153. The second-order valence-corrected chi connectivity index (χ2v) is 16.4. The summed E-state index contributed by atoms with van der Waals surface area (Å²) in [6.45, 7) is 13.5. The van der Waals surface area contributed by atoms with Gasteiger partial charge in [-0.05, 0) is 109 Å². The smallest absolute Gasteiger partial charge is 0.309 e. The average Bonchev–Trinajstić information content (AvgIpc) is 3.36. The van der Waals surface area contributed by atoms with Crippen LogP contribution in [0, 0.1) is 17.8 Å². The maximum absolute atomic E-state index is 12.1. The van der Waals surface area contributed by atoms with Gasteiger partial charge in [-0.1, -0.05) is 18.2 Å². The molecule has 1 aliphatic heterocycles. The van der Waals surface area contributed by atoms with Crippen LogP contribution in [-0.2, 0) is 76.2 Å². The molecule has 0 saturated carbocycles. The van der Waals surface area contributed by atoms with Gasteiger partial charge in [0.15, 0.2) is 0 Å². The number of carbonyl (C=O) groups is 7. The molecule has 72 heavy (non-hydrogen) atoms. The molecule has 1 fully saturated rings. The topological polar surface area (TPSA) is 283 Å². The van der Waals surface area contributed by atoms with E-state index in [2.05, 4.69) is 19.7 Å². The van der Waals surface area contributed by atoms with Gasteiger partial charge in [0.2, 0.25) is 0 Å². The summed E-state index contributed by atoms with van der Waals surface area (Å²) in [6, 6.07) is 0. The molecule has 0 aromatic rings. The van der Waals surface area contributed by atoms with Crippen molar-refractivity contribution in [1.29, 1.82) is 0 Å². The predicted octanol–water partition coefficient (Wildman–Crippen LogP) is 5.38. The fourth-order valence-electron chi connectivity index (χ4n) is 6.33. The van der Waals surface area contributed by atoms with Gasteiger partial charge in [0.05, 0.1) is 64.0 Å². The van der Waals surface area contributed by atoms with Crippen molar-refractivity contribution in [3.63, 3.8) is 0 Å². The zero-order chi connectivity index (χ0) is 53.7. The van der Waals surface area contributed by atoms with Crippen LogP contribution in [0.3, 0.4) is 0 Å². The Bertz CT molecular complexity index is 1350. The molecule has 3 unspecified atom stereocenters. The van der Waals surface area contributed by atoms with Gasteiger partial charge < -0.3 is 63.1 Å². The first-order valence-corrected chi connectivity index (χ1v) is 25.5. The summed E-state index contributed by atoms with van der Waals surface area (Å²) < 4.78 is 45.8. The third kappa shape index (κ3) is 45.2. The number of rotatable bonds is 44. The highest BCUT2D eigenvalue weighted by Gasteiger charge is 2.22. The molecule has 0 aromatic heterocycles. The lowest BCUT2D eigenvalue weighted by atomic mass is 9.98. The Balaban J connectivity index is 0. The van der Waals surface area contributed by atoms with E-state index in [1.807, 2.05) is 0 Å². The van der Waals surface area contributed by atoms with E-state index < -0.39 is 0 Å². The van der Waals surface area contributed by atoms with Crippen LogP contribution in [0.2, 0.25) is 0 Å². The second-order valence-electron chi connectivity index (χ2n) is 16.4. The summed E-state index contributed by atoms with van der Waals surface area (Å²) in [5.41, 5.74) is 0. The van der Waals surface area contributed by atoms with Crippen LogP contribution in [0.1, 0.15) is 135 Å². The van der Waals surface area contributed by atoms with E-state index in [4.69, 9.17) is 63.1 Å². The number of hydrogen-bond acceptors (Lipinski definition) is 20. The molecule has 0 aliphatic carbocycles. The normalized spacial score (nSPS) is 13.5. The molecule has 0 amide bonds. The minimum atomic E-state index is -0.370. The monoisotopic (exact) mass is 1030 g/mol. The van der Waals surface area contributed by atoms with Crippen LogP contribution in [0.15, 0.2) is 38.0 Å². The molecule has 1 saturated heterocycles. The van der Waals surface area contributed by atoms with Crippen molar-refractivity contribution in [2.45, 2.75) is 135 Å². The summed E-state index contributed by atoms with van der Waals surface area (Å²) in [5, 5.41) is 35.0. The Hall–Kier alpha value is -4.73. The number of aliphatic hydroxyl groups is 4. The number of aliphatic hydroxyl groups excluding tert-OH is 4. The van der Waals surface area contributed by atoms with Gasteiger partial charge >= 0.3 is 41.8 Å². The highest BCUT2D eigenvalue weighted by Crippen LogP contribution is 2.19. The van der Waals surface area contributed by atoms with E-state index >= 15 is 0 Å². The SMILES string of the molecule is C=CCC(CCCO)C(=O)OCCCCC(=O)OCCOCCOC(=O)CCCCOC(=O)C(CC=C)CCCO.C=CCC1CCCOC1=O.O=C(CCCCO)OCCOCCOC(=O)CCCCO. The summed E-state index contributed by atoms with van der Waals surface area (Å²) in [7, 11) is 0. The van der Waals surface area contributed by atoms with Crippen LogP contribution in [0.5, 0.6) is 0 Å². The largest absolute Gasteiger partial charge is 0.465 e. The second kappa shape index (κ2) is 52.6. The van der Waals surface area contributed by atoms with Gasteiger partial charge in [-0.15, -0.1) is 19.7 Å². The maximum Gasteiger partial charge on any atom is 0.309 e. The van der Waals surface area contributed by atoms with Crippen LogP contribution < -0.4 is 0 Å². The Kier molecular flexibility index (Phi) is 50.7. The molecule has 4 N–H and O–H groups in total. The number of ether oxygens (including phenoxy) is 9. The number of unbranched alkanes of at least 4 members (excludes halogenated alkanes) is 4. The van der Waals surface area contributed by atoms with E-state index in [9.17, 15) is 33.6 Å². The van der Waals surface area contributed by atoms with Gasteiger partial charge in [-0.3, -0.25) is 33.6 Å². The molecule has 0 aromatic carbocycles. The van der Waals surface area contributed by atoms with Crippen LogP contribution in [0.25, 0.3) is 0 Å². The van der Waals surface area contributed by atoms with E-state index in [0.29, 0.717) is 109 Å². The first kappa shape index (κ1) is 69.3. The van der Waals surface area contributed by atoms with E-state index in [-0.39, 0.29) is 165 Å². The molecular formula is C52H88O20. The van der Waals surface area contributed by atoms with Crippen molar-refractivity contribution in [2.24, 2.45) is 17.8 Å². The van der Waals surface area contributed by atoms with Crippen molar-refractivity contribution >= 4 is 41.8 Å². The standard InChI is InChI=1S/C30H50O11.C14H26O7.C8H12O2/c1-3-11-25(13-9-17-31)29(35)40-19-7-5-15-27(33)38-23-21-37-22-24-39-28(34)16-6-8-20-41-30(36)26(12-4-2)14-10-18-32;15-7-3-1-5-13(17)20-11-9-19-10-12-21-14(18)6-2-4-8-16;1-2-4-7-5-3-6-10-8(7)9/h3-4,25-26,31-32H,1-2,5-24H2;15-16H,1-12H2;2,7H,1,3-6H2. The Morgan fingerprint density at radius 1 is 0.486 bits per heavy atom. The van der Waals surface area contributed by atoms with Crippen molar-refractivity contribution in [3.05, 3.63) is 38.0 Å². The van der Waals surface area contributed by atoms with E-state index in [1.165, 1.54) is 0 Å². The van der Waals surface area contributed by atoms with E-state index in [1.54, 1.807) is 18.2 Å². The molecular weight excluding hydrogens is 945 g/mol. The Labute approximate surface area is 427 Å². The number of esters is 7. The molecule has 3 atom stereocenters. The van der Waals surface area contributed by atoms with Gasteiger partial charge in [0, 0.05) is 52.1 Å². The molecule has 20 nitrogen and oxygen atoms in total. The zero-order valence-electron chi connectivity index (χ0n) is 42.9. The van der Waals surface area contributed by atoms with Crippen molar-refractivity contribution in [2.75, 3.05) is 99.1 Å². The summed E-state index contributed by atoms with van der Waals surface area (Å²) in [4.78, 5) is 81.0. The average molecular weight is 1030 g/mol. The molecule has 416 valence electrons. The molecule has 0 spiro atoms. The first-order valence-electron chi connectivity index (χ1n) is 25.5. The zero-order valence-corrected chi connectivity index (χ0v) is 42.9. The van der Waals surface area contributed by atoms with Gasteiger partial charge in [-0.25, -0.2) is 0 Å². The minimum absolute atomic E-state index is 0.0241. The first-order chi connectivity index (χ1) is 34.9. The van der Waals surface area contributed by atoms with Gasteiger partial charge in [-0.2, -0.15) is 0 Å². The maximum atomic E-state index is 12.1. The highest BCUT2D eigenvalue weighted by molar-refractivity contribution is 5.74. The van der Waals surface area contributed by atoms with Crippen LogP contribution in [0.4, 0.5) is 0 Å². The number of cyclic esters (lactones) is 1. The lowest BCUT2D eigenvalue weighted by Gasteiger charge is -2.18. The van der Waals surface area contributed by atoms with Gasteiger partial charge in [0.1, 0.15) is 26.4 Å². The fraction of sp³-hybridized carbons (Fsp3) is 0.750. The fourth-order valence-corrected chi connectivity index (χ4v) is 6.33. The van der Waals surface area contributed by atoms with E-state index in [0.717, 1.165) is 19.3 Å². The summed E-state index contributed by atoms with van der Waals surface area (Å²) >= 11 is 0. The third-order valence-electron chi connectivity index (χ3n) is 10.3. The summed E-state index contributed by atoms with van der Waals surface area (Å²) in [6.07, 6.45) is 16.5. The molecule has 0 radical (unpaired) electrons. The summed E-state index contributed by atoms with van der Waals surface area (Å²) in [5.74, 6) is -2.54. The minimum Gasteiger partial charge on any atom is -0.465 e. The Morgan fingerprint density at radius 2 is 0.847 bits per heavy atom. The molecule has 20 heteroatoms. The van der Waals surface area contributed by atoms with Crippen molar-refractivity contribution in [3.8, 4) is 0 Å². The van der Waals surface area contributed by atoms with Crippen molar-refractivity contribution < 1.29 is 96.6 Å². The van der Waals surface area contributed by atoms with Crippen LogP contribution in [-0.4, -0.2) is 161 Å². The number of hydrogen-bond donors (Lipinski definition) is 4. The quantitative estimate of drug-likeness (QED) is 0.0258. The molecule has 0 bridgehead atoms.